The lowest BCUT2D eigenvalue weighted by Gasteiger charge is -2.20. The Morgan fingerprint density at radius 1 is 1.31 bits per heavy atom. The lowest BCUT2D eigenvalue weighted by molar-refractivity contribution is -0.558. The molecule has 0 fully saturated rings. The van der Waals surface area contributed by atoms with Crippen LogP contribution in [0.15, 0.2) is 5.16 Å². The highest BCUT2D eigenvalue weighted by molar-refractivity contribution is 6.41. The number of hydrogen-bond acceptors (Lipinski definition) is 5. The Bertz CT molecular complexity index is 326. The summed E-state index contributed by atoms with van der Waals surface area (Å²) in [4.78, 5) is 22.0. The van der Waals surface area contributed by atoms with E-state index in [9.17, 15) is 14.9 Å². The maximum absolute atomic E-state index is 11.8. The quantitative estimate of drug-likeness (QED) is 0.345. The van der Waals surface area contributed by atoms with E-state index in [4.69, 9.17) is 5.21 Å². The van der Waals surface area contributed by atoms with Gasteiger partial charge < -0.3 is 5.21 Å². The van der Waals surface area contributed by atoms with Crippen molar-refractivity contribution in [2.24, 2.45) is 10.6 Å². The lowest BCUT2D eigenvalue weighted by atomic mass is 9.84. The fraction of sp³-hybridized carbons (Fsp3) is 0.800. The molecule has 0 rings (SSSR count). The van der Waals surface area contributed by atoms with Crippen LogP contribution in [0.25, 0.3) is 0 Å². The topological polar surface area (TPSA) is 92.8 Å². The van der Waals surface area contributed by atoms with Gasteiger partial charge >= 0.3 is 0 Å². The molecule has 0 saturated carbocycles. The number of carbonyl (C=O) groups is 1. The number of nitrogens with zero attached hydrogens (tertiary/aromatic N) is 2. The predicted molar refractivity (Wildman–Crippen MR) is 59.4 cm³/mol. The second-order valence-corrected chi connectivity index (χ2v) is 5.37. The summed E-state index contributed by atoms with van der Waals surface area (Å²) in [7, 11) is 0. The molecule has 0 aliphatic heterocycles. The molecule has 0 atom stereocenters. The number of Topliss-reactive ketones (excluding diaryl/α,β-unsaturated/α-hetero) is 1. The second-order valence-electron chi connectivity index (χ2n) is 5.37. The minimum atomic E-state index is -1.32. The van der Waals surface area contributed by atoms with Crippen LogP contribution in [0.5, 0.6) is 0 Å². The van der Waals surface area contributed by atoms with Crippen molar-refractivity contribution in [2.45, 2.75) is 46.6 Å². The van der Waals surface area contributed by atoms with Crippen LogP contribution >= 0.6 is 0 Å². The number of oxime groups is 1. The van der Waals surface area contributed by atoms with Crippen LogP contribution < -0.4 is 0 Å². The van der Waals surface area contributed by atoms with E-state index in [0.29, 0.717) is 0 Å². The van der Waals surface area contributed by atoms with Crippen molar-refractivity contribution in [3.8, 4) is 0 Å². The van der Waals surface area contributed by atoms with E-state index >= 15 is 0 Å². The number of nitro groups is 1. The zero-order chi connectivity index (χ0) is 13.1. The molecule has 6 heteroatoms. The Labute approximate surface area is 94.5 Å². The first kappa shape index (κ1) is 14.5. The lowest BCUT2D eigenvalue weighted by Crippen LogP contribution is -2.39. The Morgan fingerprint density at radius 3 is 2.00 bits per heavy atom. The summed E-state index contributed by atoms with van der Waals surface area (Å²) < 4.78 is 0. The van der Waals surface area contributed by atoms with Crippen LogP contribution in [-0.4, -0.2) is 27.2 Å². The van der Waals surface area contributed by atoms with Crippen molar-refractivity contribution in [1.29, 1.82) is 0 Å². The first-order valence-corrected chi connectivity index (χ1v) is 4.92. The molecule has 0 bridgehead atoms. The molecule has 0 heterocycles. The van der Waals surface area contributed by atoms with Crippen LogP contribution in [-0.2, 0) is 4.79 Å². The van der Waals surface area contributed by atoms with E-state index in [2.05, 4.69) is 5.16 Å². The molecular weight excluding hydrogens is 212 g/mol. The zero-order valence-electron chi connectivity index (χ0n) is 10.3. The van der Waals surface area contributed by atoms with Crippen molar-refractivity contribution < 1.29 is 14.9 Å². The molecular formula is C10H18N2O4. The van der Waals surface area contributed by atoms with Gasteiger partial charge in [-0.1, -0.05) is 25.9 Å². The summed E-state index contributed by atoms with van der Waals surface area (Å²) in [6.45, 7) is 7.77. The van der Waals surface area contributed by atoms with E-state index in [1.807, 2.05) is 0 Å². The van der Waals surface area contributed by atoms with Crippen LogP contribution in [0.3, 0.4) is 0 Å². The van der Waals surface area contributed by atoms with E-state index in [0.717, 1.165) is 0 Å². The molecule has 92 valence electrons. The Morgan fingerprint density at radius 2 is 1.75 bits per heavy atom. The smallest absolute Gasteiger partial charge is 0.222 e. The van der Waals surface area contributed by atoms with Crippen LogP contribution in [0, 0.1) is 15.5 Å². The number of hydrogen-bond donors (Lipinski definition) is 1. The minimum absolute atomic E-state index is 0.158. The maximum atomic E-state index is 11.8. The van der Waals surface area contributed by atoms with Crippen LogP contribution in [0.1, 0.15) is 41.0 Å². The zero-order valence-corrected chi connectivity index (χ0v) is 10.3. The largest absolute Gasteiger partial charge is 0.411 e. The van der Waals surface area contributed by atoms with E-state index in [-0.39, 0.29) is 17.9 Å². The highest BCUT2D eigenvalue weighted by Crippen LogP contribution is 2.21. The Hall–Kier alpha value is -1.46. The minimum Gasteiger partial charge on any atom is -0.411 e. The third-order valence-corrected chi connectivity index (χ3v) is 2.16. The number of carbonyl (C=O) groups excluding carboxylic acids is 1. The SMILES string of the molecule is CC(C)(C)C(=O)/C(CC(C)(C)[N+](=O)[O-])=N/O. The van der Waals surface area contributed by atoms with Crippen molar-refractivity contribution in [2.75, 3.05) is 0 Å². The first-order chi connectivity index (χ1) is 7.02. The van der Waals surface area contributed by atoms with Gasteiger partial charge in [-0.15, -0.1) is 0 Å². The Balaban J connectivity index is 4.96. The average Bonchev–Trinajstić information content (AvgIpc) is 2.11. The summed E-state index contributed by atoms with van der Waals surface area (Å²) in [6, 6.07) is 0. The van der Waals surface area contributed by atoms with E-state index < -0.39 is 15.9 Å². The molecule has 0 aliphatic rings. The maximum Gasteiger partial charge on any atom is 0.222 e. The summed E-state index contributed by atoms with van der Waals surface area (Å²) in [5, 5.41) is 22.3. The van der Waals surface area contributed by atoms with Gasteiger partial charge in [-0.3, -0.25) is 14.9 Å². The molecule has 0 unspecified atom stereocenters. The second kappa shape index (κ2) is 4.59. The molecule has 0 amide bonds. The Kier molecular flexibility index (Phi) is 4.17. The van der Waals surface area contributed by atoms with Gasteiger partial charge in [0.05, 0.1) is 6.42 Å². The summed E-state index contributed by atoms with van der Waals surface area (Å²) in [5.41, 5.74) is -2.19. The average molecular weight is 230 g/mol. The monoisotopic (exact) mass is 230 g/mol. The summed E-state index contributed by atoms with van der Waals surface area (Å²) >= 11 is 0. The van der Waals surface area contributed by atoms with Gasteiger partial charge in [0.1, 0.15) is 5.71 Å². The van der Waals surface area contributed by atoms with Gasteiger partial charge in [-0.25, -0.2) is 0 Å². The molecule has 0 aromatic heterocycles. The van der Waals surface area contributed by atoms with Gasteiger partial charge in [0.15, 0.2) is 5.78 Å². The fourth-order valence-corrected chi connectivity index (χ4v) is 1.07. The van der Waals surface area contributed by atoms with Gasteiger partial charge in [-0.05, 0) is 0 Å². The van der Waals surface area contributed by atoms with E-state index in [1.54, 1.807) is 20.8 Å². The highest BCUT2D eigenvalue weighted by atomic mass is 16.6. The van der Waals surface area contributed by atoms with Gasteiger partial charge in [0.2, 0.25) is 5.54 Å². The van der Waals surface area contributed by atoms with E-state index in [1.165, 1.54) is 13.8 Å². The third kappa shape index (κ3) is 3.60. The molecule has 1 N–H and O–H groups in total. The number of rotatable bonds is 4. The van der Waals surface area contributed by atoms with Crippen molar-refractivity contribution in [3.63, 3.8) is 0 Å². The molecule has 0 aromatic carbocycles. The van der Waals surface area contributed by atoms with Gasteiger partial charge in [-0.2, -0.15) is 0 Å². The van der Waals surface area contributed by atoms with Crippen molar-refractivity contribution in [1.82, 2.24) is 0 Å². The van der Waals surface area contributed by atoms with Crippen molar-refractivity contribution in [3.05, 3.63) is 10.1 Å². The van der Waals surface area contributed by atoms with Crippen LogP contribution in [0.2, 0.25) is 0 Å². The third-order valence-electron chi connectivity index (χ3n) is 2.16. The van der Waals surface area contributed by atoms with Gasteiger partial charge in [0, 0.05) is 24.2 Å². The van der Waals surface area contributed by atoms with Crippen LogP contribution in [0.4, 0.5) is 0 Å². The molecule has 6 nitrogen and oxygen atoms in total. The predicted octanol–water partition coefficient (Wildman–Crippen LogP) is 1.88. The first-order valence-electron chi connectivity index (χ1n) is 4.92. The normalized spacial score (nSPS) is 13.7. The summed E-state index contributed by atoms with van der Waals surface area (Å²) in [5.74, 6) is -0.384. The van der Waals surface area contributed by atoms with Gasteiger partial charge in [0.25, 0.3) is 0 Å². The fourth-order valence-electron chi connectivity index (χ4n) is 1.07. The number of ketones is 1. The molecule has 0 spiro atoms. The van der Waals surface area contributed by atoms with Crippen molar-refractivity contribution >= 4 is 11.5 Å². The highest BCUT2D eigenvalue weighted by Gasteiger charge is 2.37. The summed E-state index contributed by atoms with van der Waals surface area (Å²) in [6.07, 6.45) is -0.188. The standard InChI is InChI=1S/C10H18N2O4/c1-9(2,3)8(13)7(11-14)6-10(4,5)12(15)16/h14H,6H2,1-5H3/b11-7+. The molecule has 0 aliphatic carbocycles. The molecule has 0 radical (unpaired) electrons. The molecule has 0 saturated heterocycles. The molecule has 0 aromatic rings. The molecule has 16 heavy (non-hydrogen) atoms.